The molecule has 0 spiro atoms. The molecule has 7 nitrogen and oxygen atoms in total. The second kappa shape index (κ2) is 6.51. The molecule has 2 N–H and O–H groups in total. The third-order valence-corrected chi connectivity index (χ3v) is 3.40. The molecule has 0 unspecified atom stereocenters. The van der Waals surface area contributed by atoms with Gasteiger partial charge in [0.15, 0.2) is 0 Å². The summed E-state index contributed by atoms with van der Waals surface area (Å²) >= 11 is 0. The number of hydrogen-bond acceptors (Lipinski definition) is 5. The highest BCUT2D eigenvalue weighted by atomic mass is 16.6. The van der Waals surface area contributed by atoms with Crippen molar-refractivity contribution in [1.29, 1.82) is 0 Å². The standard InChI is InChI=1S/C13H21N5O2/c1-3-4-11-12(18(19)20)13(17(2)16-11)15-9-10-5-7-14-8-6-10/h5,14-15H,3-4,6-9H2,1-2H3. The van der Waals surface area contributed by atoms with Gasteiger partial charge in [-0.05, 0) is 19.4 Å². The Bertz CT molecular complexity index is 521. The van der Waals surface area contributed by atoms with E-state index in [2.05, 4.69) is 21.8 Å². The largest absolute Gasteiger partial charge is 0.361 e. The van der Waals surface area contributed by atoms with Crippen molar-refractivity contribution < 1.29 is 4.92 Å². The molecule has 110 valence electrons. The summed E-state index contributed by atoms with van der Waals surface area (Å²) in [4.78, 5) is 10.9. The topological polar surface area (TPSA) is 85.0 Å². The van der Waals surface area contributed by atoms with Crippen LogP contribution >= 0.6 is 0 Å². The number of nitro groups is 1. The molecule has 20 heavy (non-hydrogen) atoms. The molecule has 0 atom stereocenters. The van der Waals surface area contributed by atoms with Crippen LogP contribution in [0.2, 0.25) is 0 Å². The van der Waals surface area contributed by atoms with Gasteiger partial charge in [0.25, 0.3) is 0 Å². The summed E-state index contributed by atoms with van der Waals surface area (Å²) in [5, 5.41) is 22.0. The first-order chi connectivity index (χ1) is 9.63. The highest BCUT2D eigenvalue weighted by Gasteiger charge is 2.25. The monoisotopic (exact) mass is 279 g/mol. The maximum atomic E-state index is 11.3. The quantitative estimate of drug-likeness (QED) is 0.469. The molecule has 1 aliphatic rings. The molecule has 7 heteroatoms. The van der Waals surface area contributed by atoms with Crippen LogP contribution in [-0.4, -0.2) is 34.3 Å². The van der Waals surface area contributed by atoms with Crippen LogP contribution in [0.25, 0.3) is 0 Å². The fourth-order valence-corrected chi connectivity index (χ4v) is 2.39. The summed E-state index contributed by atoms with van der Waals surface area (Å²) in [6, 6.07) is 0. The summed E-state index contributed by atoms with van der Waals surface area (Å²) < 4.78 is 1.57. The lowest BCUT2D eigenvalue weighted by Crippen LogP contribution is -2.23. The zero-order valence-electron chi connectivity index (χ0n) is 12.0. The van der Waals surface area contributed by atoms with Crippen LogP contribution in [0.3, 0.4) is 0 Å². The average Bonchev–Trinajstić information content (AvgIpc) is 2.74. The van der Waals surface area contributed by atoms with Gasteiger partial charge >= 0.3 is 5.69 Å². The Morgan fingerprint density at radius 2 is 2.40 bits per heavy atom. The molecule has 0 aliphatic carbocycles. The van der Waals surface area contributed by atoms with Crippen LogP contribution in [-0.2, 0) is 13.5 Å². The third kappa shape index (κ3) is 3.16. The Balaban J connectivity index is 2.17. The van der Waals surface area contributed by atoms with E-state index >= 15 is 0 Å². The smallest absolute Gasteiger partial charge is 0.334 e. The molecule has 2 rings (SSSR count). The van der Waals surface area contributed by atoms with Gasteiger partial charge in [0, 0.05) is 20.1 Å². The second-order valence-electron chi connectivity index (χ2n) is 4.94. The first-order valence-electron chi connectivity index (χ1n) is 6.96. The van der Waals surface area contributed by atoms with E-state index in [1.165, 1.54) is 5.57 Å². The minimum absolute atomic E-state index is 0.115. The summed E-state index contributed by atoms with van der Waals surface area (Å²) in [6.07, 6.45) is 4.57. The van der Waals surface area contributed by atoms with Gasteiger partial charge in [-0.15, -0.1) is 0 Å². The van der Waals surface area contributed by atoms with Gasteiger partial charge in [-0.1, -0.05) is 25.0 Å². The summed E-state index contributed by atoms with van der Waals surface area (Å²) in [5.74, 6) is 0.498. The lowest BCUT2D eigenvalue weighted by Gasteiger charge is -2.14. The molecule has 0 aromatic carbocycles. The van der Waals surface area contributed by atoms with Crippen molar-refractivity contribution in [2.75, 3.05) is 25.0 Å². The van der Waals surface area contributed by atoms with Crippen molar-refractivity contribution in [3.8, 4) is 0 Å². The number of aromatic nitrogens is 2. The molecular formula is C13H21N5O2. The van der Waals surface area contributed by atoms with Gasteiger partial charge in [0.05, 0.1) is 4.92 Å². The molecule has 0 saturated heterocycles. The fourth-order valence-electron chi connectivity index (χ4n) is 2.39. The van der Waals surface area contributed by atoms with E-state index in [-0.39, 0.29) is 10.6 Å². The first-order valence-corrected chi connectivity index (χ1v) is 6.96. The minimum atomic E-state index is -0.336. The lowest BCUT2D eigenvalue weighted by atomic mass is 10.1. The maximum Gasteiger partial charge on any atom is 0.334 e. The van der Waals surface area contributed by atoms with Gasteiger partial charge in [-0.3, -0.25) is 10.1 Å². The van der Waals surface area contributed by atoms with E-state index in [9.17, 15) is 10.1 Å². The number of nitrogens with one attached hydrogen (secondary N) is 2. The van der Waals surface area contributed by atoms with E-state index in [1.54, 1.807) is 11.7 Å². The predicted molar refractivity (Wildman–Crippen MR) is 77.9 cm³/mol. The Morgan fingerprint density at radius 3 is 3.00 bits per heavy atom. The van der Waals surface area contributed by atoms with E-state index in [0.717, 1.165) is 25.9 Å². The summed E-state index contributed by atoms with van der Waals surface area (Å²) in [5.41, 5.74) is 1.95. The van der Waals surface area contributed by atoms with Gasteiger partial charge in [-0.25, -0.2) is 4.68 Å². The molecular weight excluding hydrogens is 258 g/mol. The molecule has 1 aromatic rings. The molecule has 0 bridgehead atoms. The van der Waals surface area contributed by atoms with Crippen LogP contribution < -0.4 is 10.6 Å². The van der Waals surface area contributed by atoms with Crippen molar-refractivity contribution in [1.82, 2.24) is 15.1 Å². The molecule has 1 aromatic heterocycles. The van der Waals surface area contributed by atoms with E-state index < -0.39 is 0 Å². The Hall–Kier alpha value is -1.89. The molecule has 2 heterocycles. The molecule has 1 aliphatic heterocycles. The Morgan fingerprint density at radius 1 is 1.60 bits per heavy atom. The Labute approximate surface area is 118 Å². The van der Waals surface area contributed by atoms with E-state index in [0.29, 0.717) is 24.5 Å². The van der Waals surface area contributed by atoms with Gasteiger partial charge in [0.1, 0.15) is 5.69 Å². The van der Waals surface area contributed by atoms with E-state index in [1.807, 2.05) is 6.92 Å². The van der Waals surface area contributed by atoms with Crippen LogP contribution in [0.1, 0.15) is 25.5 Å². The summed E-state index contributed by atoms with van der Waals surface area (Å²) in [7, 11) is 1.74. The SMILES string of the molecule is CCCc1nn(C)c(NCC2=CCNCC2)c1[N+](=O)[O-]. The zero-order valence-corrected chi connectivity index (χ0v) is 12.0. The first kappa shape index (κ1) is 14.5. The van der Waals surface area contributed by atoms with Gasteiger partial charge < -0.3 is 10.6 Å². The minimum Gasteiger partial charge on any atom is -0.361 e. The summed E-state index contributed by atoms with van der Waals surface area (Å²) in [6.45, 7) is 4.45. The fraction of sp³-hybridized carbons (Fsp3) is 0.615. The van der Waals surface area contributed by atoms with Gasteiger partial charge in [-0.2, -0.15) is 5.10 Å². The molecule has 0 saturated carbocycles. The Kier molecular flexibility index (Phi) is 4.73. The van der Waals surface area contributed by atoms with Crippen molar-refractivity contribution in [2.24, 2.45) is 7.05 Å². The third-order valence-electron chi connectivity index (χ3n) is 3.40. The van der Waals surface area contributed by atoms with Crippen molar-refractivity contribution in [3.05, 3.63) is 27.5 Å². The van der Waals surface area contributed by atoms with Crippen LogP contribution in [0.15, 0.2) is 11.6 Å². The van der Waals surface area contributed by atoms with Crippen LogP contribution in [0.5, 0.6) is 0 Å². The van der Waals surface area contributed by atoms with E-state index in [4.69, 9.17) is 0 Å². The van der Waals surface area contributed by atoms with Crippen LogP contribution in [0.4, 0.5) is 11.5 Å². The number of rotatable bonds is 6. The number of nitrogens with zero attached hydrogens (tertiary/aromatic N) is 3. The van der Waals surface area contributed by atoms with Crippen molar-refractivity contribution in [3.63, 3.8) is 0 Å². The van der Waals surface area contributed by atoms with Gasteiger partial charge in [0.2, 0.25) is 5.82 Å². The molecule has 0 fully saturated rings. The number of hydrogen-bond donors (Lipinski definition) is 2. The normalized spacial score (nSPS) is 15.0. The highest BCUT2D eigenvalue weighted by molar-refractivity contribution is 5.60. The molecule has 0 amide bonds. The van der Waals surface area contributed by atoms with Crippen LogP contribution in [0, 0.1) is 10.1 Å². The zero-order chi connectivity index (χ0) is 14.5. The number of aryl methyl sites for hydroxylation is 2. The second-order valence-corrected chi connectivity index (χ2v) is 4.94. The predicted octanol–water partition coefficient (Wildman–Crippen LogP) is 1.61. The average molecular weight is 279 g/mol. The highest BCUT2D eigenvalue weighted by Crippen LogP contribution is 2.29. The lowest BCUT2D eigenvalue weighted by molar-refractivity contribution is -0.384. The van der Waals surface area contributed by atoms with Crippen molar-refractivity contribution >= 4 is 11.5 Å². The molecule has 0 radical (unpaired) electrons. The number of anilines is 1. The van der Waals surface area contributed by atoms with Crippen molar-refractivity contribution in [2.45, 2.75) is 26.2 Å². The maximum absolute atomic E-state index is 11.3.